The van der Waals surface area contributed by atoms with E-state index in [1.807, 2.05) is 6.92 Å². The van der Waals surface area contributed by atoms with E-state index in [1.165, 1.54) is 0 Å². The lowest BCUT2D eigenvalue weighted by molar-refractivity contribution is 0.592. The normalized spacial score (nSPS) is 11.8. The minimum absolute atomic E-state index is 0.203. The van der Waals surface area contributed by atoms with Crippen LogP contribution in [0, 0.1) is 0 Å². The Hall–Kier alpha value is -0.550. The molecule has 0 atom stereocenters. The van der Waals surface area contributed by atoms with E-state index in [9.17, 15) is 8.42 Å². The van der Waals surface area contributed by atoms with Crippen LogP contribution >= 0.6 is 10.7 Å². The van der Waals surface area contributed by atoms with Gasteiger partial charge in [0.05, 0.1) is 5.69 Å². The molecule has 13 heavy (non-hydrogen) atoms. The number of hydrogen-bond donors (Lipinski definition) is 0. The highest BCUT2D eigenvalue weighted by atomic mass is 35.7. The van der Waals surface area contributed by atoms with E-state index in [-0.39, 0.29) is 5.75 Å². The molecule has 0 bridgehead atoms. The zero-order chi connectivity index (χ0) is 9.90. The molecule has 0 spiro atoms. The van der Waals surface area contributed by atoms with Crippen LogP contribution in [0.4, 0.5) is 0 Å². The smallest absolute Gasteiger partial charge is 0.238 e. The summed E-state index contributed by atoms with van der Waals surface area (Å²) in [7, 11) is 1.59. The maximum Gasteiger partial charge on any atom is 0.238 e. The minimum Gasteiger partial charge on any atom is -0.272 e. The number of rotatable bonds is 4. The second-order valence-corrected chi connectivity index (χ2v) is 5.53. The Morgan fingerprint density at radius 3 is 2.85 bits per heavy atom. The van der Waals surface area contributed by atoms with Gasteiger partial charge < -0.3 is 0 Å². The molecule has 1 heterocycles. The first-order valence-electron chi connectivity index (χ1n) is 3.96. The van der Waals surface area contributed by atoms with Crippen LogP contribution < -0.4 is 0 Å². The van der Waals surface area contributed by atoms with Gasteiger partial charge in [0.25, 0.3) is 0 Å². The summed E-state index contributed by atoms with van der Waals surface area (Å²) in [4.78, 5) is 0. The van der Waals surface area contributed by atoms with Gasteiger partial charge >= 0.3 is 0 Å². The molecule has 0 unspecified atom stereocenters. The van der Waals surface area contributed by atoms with Crippen molar-refractivity contribution in [3.63, 3.8) is 0 Å². The standard InChI is InChI=1S/C7H11ClN2O2S/c1-2-4-10-5-3-7(9-10)6-13(8,11)12/h3,5H,2,4,6H2,1H3. The molecule has 0 saturated carbocycles. The number of aromatic nitrogens is 2. The van der Waals surface area contributed by atoms with Gasteiger partial charge in [-0.05, 0) is 12.5 Å². The molecule has 0 aliphatic heterocycles. The van der Waals surface area contributed by atoms with Crippen LogP contribution in [0.5, 0.6) is 0 Å². The van der Waals surface area contributed by atoms with E-state index in [1.54, 1.807) is 16.9 Å². The van der Waals surface area contributed by atoms with Crippen molar-refractivity contribution < 1.29 is 8.42 Å². The van der Waals surface area contributed by atoms with E-state index in [0.717, 1.165) is 13.0 Å². The van der Waals surface area contributed by atoms with E-state index in [4.69, 9.17) is 10.7 Å². The summed E-state index contributed by atoms with van der Waals surface area (Å²) in [5.41, 5.74) is 0.489. The van der Waals surface area contributed by atoms with Gasteiger partial charge in [-0.2, -0.15) is 5.10 Å². The molecule has 0 aliphatic rings. The number of halogens is 1. The van der Waals surface area contributed by atoms with Crippen LogP contribution in [-0.2, 0) is 21.3 Å². The lowest BCUT2D eigenvalue weighted by atomic mass is 10.5. The maximum absolute atomic E-state index is 10.7. The Balaban J connectivity index is 2.69. The highest BCUT2D eigenvalue weighted by Crippen LogP contribution is 2.07. The molecule has 4 nitrogen and oxygen atoms in total. The lowest BCUT2D eigenvalue weighted by Gasteiger charge is -1.95. The van der Waals surface area contributed by atoms with Gasteiger partial charge in [-0.1, -0.05) is 6.92 Å². The average Bonchev–Trinajstić information content (AvgIpc) is 2.33. The Kier molecular flexibility index (Phi) is 3.33. The predicted octanol–water partition coefficient (Wildman–Crippen LogP) is 1.36. The molecule has 1 rings (SSSR count). The molecule has 74 valence electrons. The van der Waals surface area contributed by atoms with Gasteiger partial charge in [-0.25, -0.2) is 8.42 Å². The van der Waals surface area contributed by atoms with Gasteiger partial charge in [0.15, 0.2) is 0 Å². The molecule has 0 amide bonds. The topological polar surface area (TPSA) is 52.0 Å². The van der Waals surface area contributed by atoms with Crippen molar-refractivity contribution in [2.24, 2.45) is 0 Å². The third kappa shape index (κ3) is 3.78. The molecule has 0 radical (unpaired) electrons. The van der Waals surface area contributed by atoms with Crippen molar-refractivity contribution in [3.05, 3.63) is 18.0 Å². The molecule has 0 saturated heterocycles. The third-order valence-electron chi connectivity index (χ3n) is 1.47. The minimum atomic E-state index is -3.48. The van der Waals surface area contributed by atoms with Crippen LogP contribution in [0.25, 0.3) is 0 Å². The van der Waals surface area contributed by atoms with E-state index in [0.29, 0.717) is 5.69 Å². The number of hydrogen-bond acceptors (Lipinski definition) is 3. The molecular weight excluding hydrogens is 212 g/mol. The third-order valence-corrected chi connectivity index (χ3v) is 2.44. The SMILES string of the molecule is CCCn1ccc(CS(=O)(=O)Cl)n1. The summed E-state index contributed by atoms with van der Waals surface area (Å²) in [5, 5.41) is 4.04. The molecule has 1 aromatic rings. The zero-order valence-corrected chi connectivity index (χ0v) is 8.85. The fourth-order valence-corrected chi connectivity index (χ4v) is 1.85. The van der Waals surface area contributed by atoms with Gasteiger partial charge in [-0.3, -0.25) is 4.68 Å². The van der Waals surface area contributed by atoms with Crippen LogP contribution in [-0.4, -0.2) is 18.2 Å². The van der Waals surface area contributed by atoms with Crippen LogP contribution in [0.15, 0.2) is 12.3 Å². The highest BCUT2D eigenvalue weighted by Gasteiger charge is 2.09. The van der Waals surface area contributed by atoms with E-state index < -0.39 is 9.05 Å². The average molecular weight is 223 g/mol. The Bertz CT molecular complexity index is 372. The first kappa shape index (κ1) is 10.5. The Labute approximate surface area is 81.9 Å². The molecular formula is C7H11ClN2O2S. The second-order valence-electron chi connectivity index (χ2n) is 2.75. The van der Waals surface area contributed by atoms with Gasteiger partial charge in [0.2, 0.25) is 9.05 Å². The lowest BCUT2D eigenvalue weighted by Crippen LogP contribution is -2.00. The van der Waals surface area contributed by atoms with Crippen LogP contribution in [0.3, 0.4) is 0 Å². The van der Waals surface area contributed by atoms with Crippen molar-refractivity contribution in [2.75, 3.05) is 0 Å². The predicted molar refractivity (Wildman–Crippen MR) is 51.0 cm³/mol. The van der Waals surface area contributed by atoms with Crippen molar-refractivity contribution in [3.8, 4) is 0 Å². The molecule has 0 fully saturated rings. The molecule has 0 N–H and O–H groups in total. The summed E-state index contributed by atoms with van der Waals surface area (Å²) in [5.74, 6) is -0.203. The summed E-state index contributed by atoms with van der Waals surface area (Å²) < 4.78 is 23.1. The summed E-state index contributed by atoms with van der Waals surface area (Å²) in [6, 6.07) is 1.66. The van der Waals surface area contributed by atoms with Gasteiger partial charge in [-0.15, -0.1) is 0 Å². The fourth-order valence-electron chi connectivity index (χ4n) is 1.01. The van der Waals surface area contributed by atoms with Gasteiger partial charge in [0.1, 0.15) is 5.75 Å². The van der Waals surface area contributed by atoms with Crippen molar-refractivity contribution in [1.82, 2.24) is 9.78 Å². The summed E-state index contributed by atoms with van der Waals surface area (Å²) in [6.07, 6.45) is 2.72. The fraction of sp³-hybridized carbons (Fsp3) is 0.571. The second kappa shape index (κ2) is 4.11. The number of aryl methyl sites for hydroxylation is 1. The van der Waals surface area contributed by atoms with Crippen molar-refractivity contribution in [2.45, 2.75) is 25.6 Å². The quantitative estimate of drug-likeness (QED) is 0.723. The zero-order valence-electron chi connectivity index (χ0n) is 7.27. The monoisotopic (exact) mass is 222 g/mol. The van der Waals surface area contributed by atoms with E-state index in [2.05, 4.69) is 5.10 Å². The summed E-state index contributed by atoms with van der Waals surface area (Å²) >= 11 is 0. The Morgan fingerprint density at radius 2 is 2.31 bits per heavy atom. The number of nitrogens with zero attached hydrogens (tertiary/aromatic N) is 2. The molecule has 1 aromatic heterocycles. The first-order chi connectivity index (χ1) is 6.01. The maximum atomic E-state index is 10.7. The first-order valence-corrected chi connectivity index (χ1v) is 6.44. The Morgan fingerprint density at radius 1 is 1.62 bits per heavy atom. The van der Waals surface area contributed by atoms with E-state index >= 15 is 0 Å². The summed E-state index contributed by atoms with van der Waals surface area (Å²) in [6.45, 7) is 2.82. The largest absolute Gasteiger partial charge is 0.272 e. The van der Waals surface area contributed by atoms with Gasteiger partial charge in [0, 0.05) is 23.4 Å². The molecule has 0 aliphatic carbocycles. The van der Waals surface area contributed by atoms with Crippen LogP contribution in [0.1, 0.15) is 19.0 Å². The molecule has 6 heteroatoms. The van der Waals surface area contributed by atoms with Crippen molar-refractivity contribution in [1.29, 1.82) is 0 Å². The van der Waals surface area contributed by atoms with Crippen molar-refractivity contribution >= 4 is 19.7 Å². The van der Waals surface area contributed by atoms with Crippen LogP contribution in [0.2, 0.25) is 0 Å². The highest BCUT2D eigenvalue weighted by molar-refractivity contribution is 8.13. The molecule has 0 aromatic carbocycles.